The van der Waals surface area contributed by atoms with Crippen LogP contribution in [0.4, 0.5) is 5.69 Å². The zero-order valence-corrected chi connectivity index (χ0v) is 11.7. The van der Waals surface area contributed by atoms with Crippen LogP contribution in [0.2, 0.25) is 5.02 Å². The van der Waals surface area contributed by atoms with Gasteiger partial charge in [0.1, 0.15) is 0 Å². The van der Waals surface area contributed by atoms with Crippen LogP contribution < -0.4 is 11.1 Å². The van der Waals surface area contributed by atoms with Crippen LogP contribution in [0.5, 0.6) is 0 Å². The van der Waals surface area contributed by atoms with E-state index in [-0.39, 0.29) is 18.3 Å². The molecule has 0 unspecified atom stereocenters. The molecule has 1 saturated carbocycles. The number of nitrogens with one attached hydrogen (secondary N) is 1. The molecule has 18 heavy (non-hydrogen) atoms. The Morgan fingerprint density at radius 3 is 2.44 bits per heavy atom. The summed E-state index contributed by atoms with van der Waals surface area (Å²) in [5.41, 5.74) is 6.05. The number of anilines is 1. The summed E-state index contributed by atoms with van der Waals surface area (Å²) >= 11 is 6.00. The Hall–Kier alpha value is -0.770. The molecule has 0 radical (unpaired) electrons. The summed E-state index contributed by atoms with van der Waals surface area (Å²) in [6.07, 6.45) is 4.71. The average Bonchev–Trinajstić information content (AvgIpc) is 2.33. The lowest BCUT2D eigenvalue weighted by molar-refractivity contribution is -0.122. The summed E-state index contributed by atoms with van der Waals surface area (Å²) in [4.78, 5) is 12.1. The second-order valence-electron chi connectivity index (χ2n) is 4.65. The monoisotopic (exact) mass is 288 g/mol. The first-order valence-corrected chi connectivity index (χ1v) is 6.34. The van der Waals surface area contributed by atoms with E-state index in [4.69, 9.17) is 17.3 Å². The largest absolute Gasteiger partial charge is 0.323 e. The highest BCUT2D eigenvalue weighted by atomic mass is 35.5. The minimum Gasteiger partial charge on any atom is -0.323 e. The van der Waals surface area contributed by atoms with Gasteiger partial charge < -0.3 is 11.1 Å². The molecular formula is C13H18Cl2N2O. The van der Waals surface area contributed by atoms with Crippen molar-refractivity contribution in [1.29, 1.82) is 0 Å². The molecule has 1 aliphatic rings. The maximum atomic E-state index is 12.1. The fraction of sp³-hybridized carbons (Fsp3) is 0.462. The molecular weight excluding hydrogens is 271 g/mol. The van der Waals surface area contributed by atoms with Crippen molar-refractivity contribution in [3.8, 4) is 0 Å². The van der Waals surface area contributed by atoms with Crippen LogP contribution in [0.15, 0.2) is 24.3 Å². The topological polar surface area (TPSA) is 55.1 Å². The Morgan fingerprint density at radius 1 is 1.22 bits per heavy atom. The van der Waals surface area contributed by atoms with Crippen LogP contribution in [0.3, 0.4) is 0 Å². The van der Waals surface area contributed by atoms with E-state index in [1.165, 1.54) is 6.42 Å². The summed E-state index contributed by atoms with van der Waals surface area (Å²) in [6.45, 7) is 0. The molecule has 1 aliphatic carbocycles. The van der Waals surface area contributed by atoms with Crippen molar-refractivity contribution in [3.63, 3.8) is 0 Å². The smallest absolute Gasteiger partial charge is 0.244 e. The minimum atomic E-state index is -0.725. The standard InChI is InChI=1S/C13H17ClN2O.ClH/c14-10-6-2-3-7-11(10)16-12(17)13(15)8-4-1-5-9-13;/h2-3,6-7H,1,4-5,8-9,15H2,(H,16,17);1H. The van der Waals surface area contributed by atoms with Crippen molar-refractivity contribution in [1.82, 2.24) is 0 Å². The summed E-state index contributed by atoms with van der Waals surface area (Å²) in [5, 5.41) is 3.37. The lowest BCUT2D eigenvalue weighted by atomic mass is 9.82. The quantitative estimate of drug-likeness (QED) is 0.877. The van der Waals surface area contributed by atoms with Crippen LogP contribution in [-0.4, -0.2) is 11.4 Å². The third-order valence-corrected chi connectivity index (χ3v) is 3.65. The van der Waals surface area contributed by atoms with E-state index in [9.17, 15) is 4.79 Å². The normalized spacial score (nSPS) is 17.7. The average molecular weight is 289 g/mol. The van der Waals surface area contributed by atoms with Gasteiger partial charge in [-0.1, -0.05) is 43.0 Å². The lowest BCUT2D eigenvalue weighted by Gasteiger charge is -2.31. The van der Waals surface area contributed by atoms with Crippen molar-refractivity contribution >= 4 is 35.6 Å². The van der Waals surface area contributed by atoms with Gasteiger partial charge in [0, 0.05) is 0 Å². The molecule has 1 aromatic rings. The van der Waals surface area contributed by atoms with Gasteiger partial charge in [-0.2, -0.15) is 0 Å². The predicted octanol–water partition coefficient (Wildman–Crippen LogP) is 3.36. The molecule has 3 N–H and O–H groups in total. The highest BCUT2D eigenvalue weighted by Gasteiger charge is 2.35. The van der Waals surface area contributed by atoms with E-state index in [0.29, 0.717) is 10.7 Å². The van der Waals surface area contributed by atoms with Gasteiger partial charge in [0.25, 0.3) is 0 Å². The van der Waals surface area contributed by atoms with Crippen molar-refractivity contribution in [2.24, 2.45) is 5.73 Å². The lowest BCUT2D eigenvalue weighted by Crippen LogP contribution is -2.52. The number of hydrogen-bond donors (Lipinski definition) is 2. The van der Waals surface area contributed by atoms with Gasteiger partial charge in [0.15, 0.2) is 0 Å². The number of benzene rings is 1. The maximum absolute atomic E-state index is 12.1. The molecule has 0 aromatic heterocycles. The number of carbonyl (C=O) groups is 1. The molecule has 1 amide bonds. The Labute approximate surface area is 118 Å². The Kier molecular flexibility index (Phi) is 5.45. The van der Waals surface area contributed by atoms with Gasteiger partial charge in [0.05, 0.1) is 16.2 Å². The highest BCUT2D eigenvalue weighted by molar-refractivity contribution is 6.33. The SMILES string of the molecule is Cl.NC1(C(=O)Nc2ccccc2Cl)CCCCC1. The first kappa shape index (κ1) is 15.3. The Morgan fingerprint density at radius 2 is 1.83 bits per heavy atom. The molecule has 0 atom stereocenters. The van der Waals surface area contributed by atoms with Crippen molar-refractivity contribution in [3.05, 3.63) is 29.3 Å². The third-order valence-electron chi connectivity index (χ3n) is 3.32. The van der Waals surface area contributed by atoms with Gasteiger partial charge in [-0.15, -0.1) is 12.4 Å². The summed E-state index contributed by atoms with van der Waals surface area (Å²) in [5.74, 6) is -0.120. The number of rotatable bonds is 2. The minimum absolute atomic E-state index is 0. The van der Waals surface area contributed by atoms with Crippen LogP contribution in [0.1, 0.15) is 32.1 Å². The number of carbonyl (C=O) groups excluding carboxylic acids is 1. The maximum Gasteiger partial charge on any atom is 0.244 e. The zero-order valence-electron chi connectivity index (χ0n) is 10.1. The highest BCUT2D eigenvalue weighted by Crippen LogP contribution is 2.28. The second kappa shape index (κ2) is 6.41. The molecule has 5 heteroatoms. The molecule has 0 saturated heterocycles. The van der Waals surface area contributed by atoms with Crippen molar-refractivity contribution < 1.29 is 4.79 Å². The van der Waals surface area contributed by atoms with E-state index in [2.05, 4.69) is 5.32 Å². The van der Waals surface area contributed by atoms with Crippen LogP contribution in [0, 0.1) is 0 Å². The Balaban J connectivity index is 0.00000162. The van der Waals surface area contributed by atoms with Gasteiger partial charge >= 0.3 is 0 Å². The van der Waals surface area contributed by atoms with Gasteiger partial charge in [0.2, 0.25) is 5.91 Å². The molecule has 0 spiro atoms. The molecule has 0 bridgehead atoms. The Bertz CT molecular complexity index is 417. The zero-order chi connectivity index (χ0) is 12.3. The summed E-state index contributed by atoms with van der Waals surface area (Å²) in [7, 11) is 0. The van der Waals surface area contributed by atoms with Crippen molar-refractivity contribution in [2.75, 3.05) is 5.32 Å². The van der Waals surface area contributed by atoms with Crippen LogP contribution in [0.25, 0.3) is 0 Å². The molecule has 0 heterocycles. The van der Waals surface area contributed by atoms with Gasteiger partial charge in [-0.25, -0.2) is 0 Å². The molecule has 3 nitrogen and oxygen atoms in total. The fourth-order valence-electron chi connectivity index (χ4n) is 2.22. The number of nitrogens with two attached hydrogens (primary N) is 1. The fourth-order valence-corrected chi connectivity index (χ4v) is 2.40. The van der Waals surface area contributed by atoms with Crippen LogP contribution >= 0.6 is 24.0 Å². The first-order chi connectivity index (χ1) is 8.12. The third kappa shape index (κ3) is 3.37. The molecule has 0 aliphatic heterocycles. The number of hydrogen-bond acceptors (Lipinski definition) is 2. The van der Waals surface area contributed by atoms with E-state index >= 15 is 0 Å². The van der Waals surface area contributed by atoms with Gasteiger partial charge in [-0.05, 0) is 25.0 Å². The van der Waals surface area contributed by atoms with Crippen LogP contribution in [-0.2, 0) is 4.79 Å². The molecule has 100 valence electrons. The number of amides is 1. The molecule has 1 fully saturated rings. The summed E-state index contributed by atoms with van der Waals surface area (Å²) in [6, 6.07) is 7.20. The van der Waals surface area contributed by atoms with Gasteiger partial charge in [-0.3, -0.25) is 4.79 Å². The van der Waals surface area contributed by atoms with Crippen molar-refractivity contribution in [2.45, 2.75) is 37.6 Å². The van der Waals surface area contributed by atoms with E-state index in [0.717, 1.165) is 25.7 Å². The molecule has 1 aromatic carbocycles. The number of para-hydroxylation sites is 1. The molecule has 2 rings (SSSR count). The van der Waals surface area contributed by atoms with E-state index in [1.807, 2.05) is 12.1 Å². The summed E-state index contributed by atoms with van der Waals surface area (Å²) < 4.78 is 0. The van der Waals surface area contributed by atoms with E-state index < -0.39 is 5.54 Å². The second-order valence-corrected chi connectivity index (χ2v) is 5.06. The van der Waals surface area contributed by atoms with E-state index in [1.54, 1.807) is 12.1 Å². The predicted molar refractivity (Wildman–Crippen MR) is 77.3 cm³/mol. The first-order valence-electron chi connectivity index (χ1n) is 5.97. The number of halogens is 2.